The molecule has 1 N–H and O–H groups in total. The second-order valence-corrected chi connectivity index (χ2v) is 11.9. The average molecular weight is 554 g/mol. The van der Waals surface area contributed by atoms with Crippen LogP contribution in [0.15, 0.2) is 42.9 Å². The van der Waals surface area contributed by atoms with E-state index in [0.717, 1.165) is 97.9 Å². The van der Waals surface area contributed by atoms with Gasteiger partial charge in [-0.1, -0.05) is 18.2 Å². The van der Waals surface area contributed by atoms with Crippen molar-refractivity contribution in [2.45, 2.75) is 76.7 Å². The lowest BCUT2D eigenvalue weighted by atomic mass is 9.92. The minimum atomic E-state index is 0.116. The molecule has 9 heteroatoms. The van der Waals surface area contributed by atoms with Crippen LogP contribution in [0.4, 0.5) is 0 Å². The van der Waals surface area contributed by atoms with Crippen LogP contribution in [0.2, 0.25) is 0 Å². The van der Waals surface area contributed by atoms with Gasteiger partial charge in [-0.05, 0) is 63.1 Å². The quantitative estimate of drug-likeness (QED) is 0.387. The van der Waals surface area contributed by atoms with Crippen LogP contribution in [-0.2, 0) is 29.5 Å². The van der Waals surface area contributed by atoms with Gasteiger partial charge in [-0.25, -0.2) is 0 Å². The molecular formula is C32H39N7O2. The lowest BCUT2D eigenvalue weighted by Crippen LogP contribution is -2.37. The van der Waals surface area contributed by atoms with Crippen LogP contribution >= 0.6 is 0 Å². The van der Waals surface area contributed by atoms with Crippen molar-refractivity contribution in [2.75, 3.05) is 19.6 Å². The largest absolute Gasteiger partial charge is 0.375 e. The predicted molar refractivity (Wildman–Crippen MR) is 158 cm³/mol. The first-order chi connectivity index (χ1) is 20.0. The topological polar surface area (TPSA) is 90.1 Å². The zero-order chi connectivity index (χ0) is 27.9. The Morgan fingerprint density at radius 1 is 1.05 bits per heavy atom. The number of nitrogens with one attached hydrogen (secondary N) is 1. The number of amides is 1. The Bertz CT molecular complexity index is 1560. The second-order valence-electron chi connectivity index (χ2n) is 11.9. The molecule has 3 aliphatic rings. The van der Waals surface area contributed by atoms with Gasteiger partial charge in [-0.3, -0.25) is 19.1 Å². The number of hydrogen-bond donors (Lipinski definition) is 1. The molecule has 214 valence electrons. The summed E-state index contributed by atoms with van der Waals surface area (Å²) in [6, 6.07) is 8.88. The molecular weight excluding hydrogens is 514 g/mol. The number of rotatable bonds is 5. The molecule has 7 rings (SSSR count). The number of piperidine rings is 1. The van der Waals surface area contributed by atoms with Gasteiger partial charge in [0.2, 0.25) is 5.91 Å². The van der Waals surface area contributed by atoms with E-state index in [2.05, 4.69) is 39.4 Å². The smallest absolute Gasteiger partial charge is 0.219 e. The first-order valence-electron chi connectivity index (χ1n) is 15.1. The number of hydrogen-bond acceptors (Lipinski definition) is 6. The highest BCUT2D eigenvalue weighted by Gasteiger charge is 2.32. The van der Waals surface area contributed by atoms with Gasteiger partial charge < -0.3 is 15.0 Å². The molecule has 9 nitrogen and oxygen atoms in total. The summed E-state index contributed by atoms with van der Waals surface area (Å²) < 4.78 is 10.6. The van der Waals surface area contributed by atoms with Crippen molar-refractivity contribution in [1.29, 1.82) is 0 Å². The van der Waals surface area contributed by atoms with E-state index in [0.29, 0.717) is 24.8 Å². The molecule has 1 amide bonds. The highest BCUT2D eigenvalue weighted by atomic mass is 16.5. The molecule has 3 aromatic heterocycles. The lowest BCUT2D eigenvalue weighted by molar-refractivity contribution is -0.129. The van der Waals surface area contributed by atoms with Gasteiger partial charge in [0.25, 0.3) is 0 Å². The summed E-state index contributed by atoms with van der Waals surface area (Å²) in [6.07, 6.45) is 13.9. The molecule has 4 aromatic rings. The molecule has 0 unspecified atom stereocenters. The van der Waals surface area contributed by atoms with Crippen LogP contribution < -0.4 is 5.32 Å². The normalized spacial score (nSPS) is 21.8. The lowest BCUT2D eigenvalue weighted by Gasteiger charge is -2.34. The highest BCUT2D eigenvalue weighted by Crippen LogP contribution is 2.39. The van der Waals surface area contributed by atoms with Crippen LogP contribution in [0.3, 0.4) is 0 Å². The van der Waals surface area contributed by atoms with E-state index in [-0.39, 0.29) is 5.91 Å². The van der Waals surface area contributed by atoms with Crippen LogP contribution in [0.25, 0.3) is 33.3 Å². The third-order valence-electron chi connectivity index (χ3n) is 9.21. The number of nitrogens with zero attached hydrogens (tertiary/aromatic N) is 6. The molecule has 0 radical (unpaired) electrons. The first-order valence-corrected chi connectivity index (χ1v) is 15.1. The van der Waals surface area contributed by atoms with E-state index in [1.165, 1.54) is 11.3 Å². The number of aryl methyl sites for hydroxylation is 1. The molecule has 2 fully saturated rings. The molecule has 1 saturated heterocycles. The van der Waals surface area contributed by atoms with Gasteiger partial charge in [0, 0.05) is 73.6 Å². The van der Waals surface area contributed by atoms with Gasteiger partial charge in [0.1, 0.15) is 0 Å². The molecule has 1 aromatic carbocycles. The summed E-state index contributed by atoms with van der Waals surface area (Å²) in [4.78, 5) is 19.2. The Hall–Kier alpha value is -3.56. The van der Waals surface area contributed by atoms with Crippen molar-refractivity contribution in [3.05, 3.63) is 54.1 Å². The number of ether oxygens (including phenoxy) is 1. The van der Waals surface area contributed by atoms with Crippen LogP contribution in [0.5, 0.6) is 0 Å². The van der Waals surface area contributed by atoms with E-state index in [9.17, 15) is 4.79 Å². The van der Waals surface area contributed by atoms with E-state index < -0.39 is 0 Å². The van der Waals surface area contributed by atoms with Gasteiger partial charge in [0.05, 0.1) is 35.8 Å². The molecule has 1 aliphatic carbocycles. The first kappa shape index (κ1) is 26.3. The van der Waals surface area contributed by atoms with E-state index in [1.807, 2.05) is 30.5 Å². The number of benzene rings is 1. The number of pyridine rings is 1. The number of aromatic nitrogens is 5. The fraction of sp³-hybridized carbons (Fsp3) is 0.500. The maximum atomic E-state index is 12.4. The Morgan fingerprint density at radius 3 is 2.61 bits per heavy atom. The SMILES string of the molecule is CC(=O)N1CCc2c(c(-c3cccc4cc(-c5cnn(C)c5)ncc34)nn2C2CCC(OC3CCNCC3)CC2)C1. The van der Waals surface area contributed by atoms with Crippen LogP contribution in [-0.4, -0.2) is 67.2 Å². The van der Waals surface area contributed by atoms with Crippen molar-refractivity contribution in [1.82, 2.24) is 34.8 Å². The number of fused-ring (bicyclic) bond motifs is 2. The predicted octanol–water partition coefficient (Wildman–Crippen LogP) is 4.66. The molecule has 0 spiro atoms. The minimum Gasteiger partial charge on any atom is -0.375 e. The molecule has 1 saturated carbocycles. The standard InChI is InChI=1S/C32H39N7O2/c1-21(40)38-15-12-31-29(20-38)32(36-39(31)24-6-8-25(9-7-24)41-26-10-13-33-14-11-26)27-5-3-4-22-16-30(34-18-28(22)27)23-17-35-37(2)19-23/h3-5,16-19,24-26,33H,6-15,20H2,1-2H3. The van der Waals surface area contributed by atoms with E-state index in [4.69, 9.17) is 14.8 Å². The summed E-state index contributed by atoms with van der Waals surface area (Å²) in [6.45, 7) is 5.14. The zero-order valence-corrected chi connectivity index (χ0v) is 24.1. The summed E-state index contributed by atoms with van der Waals surface area (Å²) in [5.41, 5.74) is 6.44. The summed E-state index contributed by atoms with van der Waals surface area (Å²) in [5.74, 6) is 0.116. The summed E-state index contributed by atoms with van der Waals surface area (Å²) in [7, 11) is 1.92. The van der Waals surface area contributed by atoms with E-state index >= 15 is 0 Å². The second kappa shape index (κ2) is 11.0. The maximum Gasteiger partial charge on any atom is 0.219 e. The van der Waals surface area contributed by atoms with E-state index in [1.54, 1.807) is 11.6 Å². The highest BCUT2D eigenvalue weighted by molar-refractivity contribution is 5.97. The molecule has 0 bridgehead atoms. The van der Waals surface area contributed by atoms with Crippen LogP contribution in [0.1, 0.15) is 62.7 Å². The molecule has 2 aliphatic heterocycles. The molecule has 41 heavy (non-hydrogen) atoms. The fourth-order valence-electron chi connectivity index (χ4n) is 6.95. The Morgan fingerprint density at radius 2 is 1.85 bits per heavy atom. The van der Waals surface area contributed by atoms with Crippen molar-refractivity contribution >= 4 is 16.7 Å². The fourth-order valence-corrected chi connectivity index (χ4v) is 6.95. The van der Waals surface area contributed by atoms with Gasteiger partial charge >= 0.3 is 0 Å². The van der Waals surface area contributed by atoms with Gasteiger partial charge in [-0.2, -0.15) is 10.2 Å². The van der Waals surface area contributed by atoms with Crippen LogP contribution in [0, 0.1) is 0 Å². The van der Waals surface area contributed by atoms with Crippen molar-refractivity contribution in [2.24, 2.45) is 7.05 Å². The third-order valence-corrected chi connectivity index (χ3v) is 9.21. The molecule has 5 heterocycles. The monoisotopic (exact) mass is 553 g/mol. The van der Waals surface area contributed by atoms with Crippen molar-refractivity contribution in [3.63, 3.8) is 0 Å². The molecule has 0 atom stereocenters. The van der Waals surface area contributed by atoms with Gasteiger partial charge in [0.15, 0.2) is 0 Å². The van der Waals surface area contributed by atoms with Gasteiger partial charge in [-0.15, -0.1) is 0 Å². The third kappa shape index (κ3) is 5.17. The maximum absolute atomic E-state index is 12.4. The van der Waals surface area contributed by atoms with Crippen molar-refractivity contribution < 1.29 is 9.53 Å². The summed E-state index contributed by atoms with van der Waals surface area (Å²) in [5, 5.41) is 15.3. The minimum absolute atomic E-state index is 0.116. The number of carbonyl (C=O) groups excluding carboxylic acids is 1. The average Bonchev–Trinajstić information content (AvgIpc) is 3.61. The Labute approximate surface area is 240 Å². The van der Waals surface area contributed by atoms with Crippen molar-refractivity contribution in [3.8, 4) is 22.5 Å². The zero-order valence-electron chi connectivity index (χ0n) is 24.1. The number of carbonyl (C=O) groups is 1. The Kier molecular flexibility index (Phi) is 7.08. The summed E-state index contributed by atoms with van der Waals surface area (Å²) >= 11 is 0. The Balaban J connectivity index is 1.21.